The van der Waals surface area contributed by atoms with Crippen molar-refractivity contribution in [3.8, 4) is 0 Å². The topological polar surface area (TPSA) is 59.0 Å². The highest BCUT2D eigenvalue weighted by Crippen LogP contribution is 2.23. The van der Waals surface area contributed by atoms with Crippen molar-refractivity contribution < 1.29 is 14.4 Å². The van der Waals surface area contributed by atoms with E-state index < -0.39 is 12.0 Å². The Kier molecular flexibility index (Phi) is 7.22. The lowest BCUT2D eigenvalue weighted by Gasteiger charge is -2.18. The van der Waals surface area contributed by atoms with Gasteiger partial charge in [0.15, 0.2) is 0 Å². The van der Waals surface area contributed by atoms with E-state index in [9.17, 15) is 9.59 Å². The molecule has 0 spiro atoms. The van der Waals surface area contributed by atoms with Gasteiger partial charge in [0.2, 0.25) is 5.91 Å². The smallest absolute Gasteiger partial charge is 0.298 e. The van der Waals surface area contributed by atoms with Crippen molar-refractivity contribution in [2.24, 2.45) is 5.16 Å². The summed E-state index contributed by atoms with van der Waals surface area (Å²) in [5, 5.41) is 3.52. The van der Waals surface area contributed by atoms with Crippen molar-refractivity contribution >= 4 is 41.6 Å². The van der Waals surface area contributed by atoms with Crippen molar-refractivity contribution in [1.29, 1.82) is 0 Å². The van der Waals surface area contributed by atoms with Crippen LogP contribution >= 0.6 is 23.4 Å². The van der Waals surface area contributed by atoms with Gasteiger partial charge in [0.25, 0.3) is 0 Å². The zero-order valence-corrected chi connectivity index (χ0v) is 12.0. The van der Waals surface area contributed by atoms with Gasteiger partial charge >= 0.3 is 6.09 Å². The SMILES string of the molecule is CSC(C)(C)CC=NOC(=O)N(C)C(=O)CCl. The highest BCUT2D eigenvalue weighted by atomic mass is 35.5. The minimum Gasteiger partial charge on any atom is -0.298 e. The Morgan fingerprint density at radius 1 is 1.53 bits per heavy atom. The first-order chi connectivity index (χ1) is 7.84. The molecule has 0 unspecified atom stereocenters. The van der Waals surface area contributed by atoms with E-state index in [1.165, 1.54) is 13.3 Å². The Balaban J connectivity index is 4.08. The molecule has 0 atom stereocenters. The Bertz CT molecular complexity index is 308. The summed E-state index contributed by atoms with van der Waals surface area (Å²) >= 11 is 6.98. The second kappa shape index (κ2) is 7.55. The quantitative estimate of drug-likeness (QED) is 0.336. The van der Waals surface area contributed by atoms with Crippen molar-refractivity contribution in [1.82, 2.24) is 4.90 Å². The van der Waals surface area contributed by atoms with Gasteiger partial charge in [-0.2, -0.15) is 11.8 Å². The number of nitrogens with zero attached hydrogens (tertiary/aromatic N) is 2. The number of rotatable bonds is 5. The van der Waals surface area contributed by atoms with Crippen molar-refractivity contribution in [2.45, 2.75) is 25.0 Å². The number of alkyl halides is 1. The minimum atomic E-state index is -0.839. The molecule has 0 saturated heterocycles. The van der Waals surface area contributed by atoms with Gasteiger partial charge in [0.1, 0.15) is 5.88 Å². The Morgan fingerprint density at radius 3 is 2.59 bits per heavy atom. The monoisotopic (exact) mass is 280 g/mol. The van der Waals surface area contributed by atoms with Crippen molar-refractivity contribution in [3.05, 3.63) is 0 Å². The number of hydrogen-bond donors (Lipinski definition) is 0. The maximum atomic E-state index is 11.2. The average molecular weight is 281 g/mol. The first kappa shape index (κ1) is 16.2. The highest BCUT2D eigenvalue weighted by molar-refractivity contribution is 7.99. The molecule has 0 aliphatic heterocycles. The fourth-order valence-electron chi connectivity index (χ4n) is 0.675. The average Bonchev–Trinajstić information content (AvgIpc) is 2.32. The standard InChI is InChI=1S/C10H17ClN2O3S/c1-10(2,17-4)5-6-12-16-9(15)13(3)8(14)7-11/h6H,5,7H2,1-4H3. The molecule has 17 heavy (non-hydrogen) atoms. The van der Waals surface area contributed by atoms with E-state index in [2.05, 4.69) is 23.8 Å². The lowest BCUT2D eigenvalue weighted by Crippen LogP contribution is -2.33. The molecule has 7 heteroatoms. The number of carbonyl (C=O) groups is 2. The molecule has 0 N–H and O–H groups in total. The lowest BCUT2D eigenvalue weighted by atomic mass is 10.1. The van der Waals surface area contributed by atoms with Crippen LogP contribution in [0.15, 0.2) is 5.16 Å². The Hall–Kier alpha value is -0.750. The zero-order chi connectivity index (χ0) is 13.5. The van der Waals surface area contributed by atoms with E-state index in [1.807, 2.05) is 6.26 Å². The molecule has 0 bridgehead atoms. The molecule has 0 aromatic rings. The van der Waals surface area contributed by atoms with Gasteiger partial charge in [-0.3, -0.25) is 9.63 Å². The molecule has 0 aromatic heterocycles. The summed E-state index contributed by atoms with van der Waals surface area (Å²) in [5.41, 5.74) is 0. The molecular formula is C10H17ClN2O3S. The summed E-state index contributed by atoms with van der Waals surface area (Å²) in [6.07, 6.45) is 3.32. The van der Waals surface area contributed by atoms with Crippen LogP contribution in [0.3, 0.4) is 0 Å². The molecule has 0 fully saturated rings. The van der Waals surface area contributed by atoms with E-state index in [0.29, 0.717) is 6.42 Å². The van der Waals surface area contributed by atoms with Crippen LogP contribution in [0.25, 0.3) is 0 Å². The predicted octanol–water partition coefficient (Wildman–Crippen LogP) is 2.34. The van der Waals surface area contributed by atoms with Crippen molar-refractivity contribution in [3.63, 3.8) is 0 Å². The van der Waals surface area contributed by atoms with E-state index in [0.717, 1.165) is 4.90 Å². The fourth-order valence-corrected chi connectivity index (χ4v) is 1.10. The van der Waals surface area contributed by atoms with E-state index in [-0.39, 0.29) is 10.6 Å². The molecule has 0 rings (SSSR count). The summed E-state index contributed by atoms with van der Waals surface area (Å²) in [5.74, 6) is -0.800. The second-order valence-electron chi connectivity index (χ2n) is 3.90. The Morgan fingerprint density at radius 2 is 2.12 bits per heavy atom. The molecule has 0 saturated carbocycles. The van der Waals surface area contributed by atoms with Gasteiger partial charge < -0.3 is 0 Å². The number of hydrogen-bond acceptors (Lipinski definition) is 5. The number of halogens is 1. The summed E-state index contributed by atoms with van der Waals surface area (Å²) in [6.45, 7) is 4.10. The zero-order valence-electron chi connectivity index (χ0n) is 10.4. The summed E-state index contributed by atoms with van der Waals surface area (Å²) in [6, 6.07) is 0. The number of thioether (sulfide) groups is 1. The summed E-state index contributed by atoms with van der Waals surface area (Å²) in [4.78, 5) is 27.6. The maximum absolute atomic E-state index is 11.2. The first-order valence-corrected chi connectivity index (χ1v) is 6.70. The van der Waals surface area contributed by atoms with Gasteiger partial charge in [0, 0.05) is 24.4 Å². The molecule has 0 radical (unpaired) electrons. The van der Waals surface area contributed by atoms with Crippen molar-refractivity contribution in [2.75, 3.05) is 19.2 Å². The third-order valence-corrected chi connectivity index (χ3v) is 3.60. The van der Waals surface area contributed by atoms with Crippen LogP contribution < -0.4 is 0 Å². The van der Waals surface area contributed by atoms with E-state index in [4.69, 9.17) is 11.6 Å². The maximum Gasteiger partial charge on any atom is 0.442 e. The van der Waals surface area contributed by atoms with Crippen LogP contribution in [0.2, 0.25) is 0 Å². The molecule has 0 aliphatic carbocycles. The normalized spacial score (nSPS) is 11.6. The minimum absolute atomic E-state index is 0.0355. The Labute approximate surface area is 110 Å². The number of imide groups is 1. The molecule has 2 amide bonds. The van der Waals surface area contributed by atoms with Crippen LogP contribution in [-0.4, -0.2) is 47.0 Å². The molecule has 5 nitrogen and oxygen atoms in total. The number of amides is 2. The third-order valence-electron chi connectivity index (χ3n) is 2.10. The highest BCUT2D eigenvalue weighted by Gasteiger charge is 2.17. The van der Waals surface area contributed by atoms with Crippen LogP contribution in [0, 0.1) is 0 Å². The van der Waals surface area contributed by atoms with Gasteiger partial charge in [-0.25, -0.2) is 9.69 Å². The second-order valence-corrected chi connectivity index (χ2v) is 5.68. The first-order valence-electron chi connectivity index (χ1n) is 4.94. The largest absolute Gasteiger partial charge is 0.442 e. The van der Waals surface area contributed by atoms with Crippen LogP contribution in [0.5, 0.6) is 0 Å². The number of carbonyl (C=O) groups excluding carboxylic acids is 2. The molecule has 0 heterocycles. The number of oxime groups is 1. The van der Waals surface area contributed by atoms with Crippen LogP contribution in [0.4, 0.5) is 4.79 Å². The van der Waals surface area contributed by atoms with Gasteiger partial charge in [-0.1, -0.05) is 19.0 Å². The molecule has 0 aliphatic rings. The summed E-state index contributed by atoms with van der Waals surface area (Å²) in [7, 11) is 1.29. The fraction of sp³-hybridized carbons (Fsp3) is 0.700. The third kappa shape index (κ3) is 6.53. The van der Waals surface area contributed by atoms with Gasteiger partial charge in [-0.05, 0) is 6.26 Å². The lowest BCUT2D eigenvalue weighted by molar-refractivity contribution is -0.125. The van der Waals surface area contributed by atoms with Gasteiger partial charge in [0.05, 0.1) is 0 Å². The molecular weight excluding hydrogens is 264 g/mol. The van der Waals surface area contributed by atoms with Crippen LogP contribution in [-0.2, 0) is 9.63 Å². The molecule has 98 valence electrons. The van der Waals surface area contributed by atoms with Crippen LogP contribution in [0.1, 0.15) is 20.3 Å². The molecule has 0 aromatic carbocycles. The van der Waals surface area contributed by atoms with E-state index in [1.54, 1.807) is 11.8 Å². The van der Waals surface area contributed by atoms with E-state index >= 15 is 0 Å². The summed E-state index contributed by atoms with van der Waals surface area (Å²) < 4.78 is 0.0355. The van der Waals surface area contributed by atoms with Gasteiger partial charge in [-0.15, -0.1) is 11.6 Å². The predicted molar refractivity (Wildman–Crippen MR) is 70.7 cm³/mol.